The van der Waals surface area contributed by atoms with E-state index in [0.29, 0.717) is 0 Å². The lowest BCUT2D eigenvalue weighted by Crippen LogP contribution is -2.36. The van der Waals surface area contributed by atoms with Crippen molar-refractivity contribution in [1.29, 1.82) is 0 Å². The van der Waals surface area contributed by atoms with E-state index < -0.39 is 16.6 Å². The Morgan fingerprint density at radius 3 is 1.88 bits per heavy atom. The molecule has 8 heavy (non-hydrogen) atoms. The molecule has 0 aliphatic rings. The van der Waals surface area contributed by atoms with Crippen LogP contribution in [-0.4, -0.2) is 0 Å². The van der Waals surface area contributed by atoms with Gasteiger partial charge in [0.05, 0.1) is 0 Å². The third kappa shape index (κ3) is 0.376. The molecule has 0 aliphatic carbocycles. The highest BCUT2D eigenvalue weighted by molar-refractivity contribution is 7.59. The molecule has 0 fully saturated rings. The minimum Gasteiger partial charge on any atom is -0.871 e. The van der Waals surface area contributed by atoms with Crippen molar-refractivity contribution in [2.24, 2.45) is 0 Å². The van der Waals surface area contributed by atoms with E-state index in [1.165, 1.54) is 0 Å². The molecule has 1 rings (SSSR count). The average molecular weight is 128 g/mol. The van der Waals surface area contributed by atoms with Crippen molar-refractivity contribution < 1.29 is 5.11 Å². The highest BCUT2D eigenvalue weighted by Gasteiger charge is 1.98. The van der Waals surface area contributed by atoms with E-state index >= 15 is 0 Å². The van der Waals surface area contributed by atoms with Gasteiger partial charge in [0, 0.05) is 0 Å². The molecule has 0 amide bonds. The van der Waals surface area contributed by atoms with Crippen LogP contribution in [0.1, 0.15) is 0 Å². The van der Waals surface area contributed by atoms with Crippen molar-refractivity contribution in [2.45, 2.75) is 4.90 Å². The molecule has 0 spiro atoms. The molecule has 0 atom stereocenters. The minimum atomic E-state index is -0.977. The zero-order valence-electron chi connectivity index (χ0n) is 3.63. The van der Waals surface area contributed by atoms with E-state index in [1.807, 2.05) is 0 Å². The van der Waals surface area contributed by atoms with Crippen LogP contribution < -0.4 is 16.0 Å². The number of hydrogen-bond acceptors (Lipinski definition) is 4. The second-order valence-electron chi connectivity index (χ2n) is 1.32. The smallest absolute Gasteiger partial charge is 0.214 e. The molecule has 4 heteroatoms. The summed E-state index contributed by atoms with van der Waals surface area (Å²) in [4.78, 5) is 19.7. The van der Waals surface area contributed by atoms with Crippen LogP contribution in [0.5, 0.6) is 5.75 Å². The Bertz CT molecular complexity index is 251. The zero-order chi connectivity index (χ0) is 6.31. The maximum Gasteiger partial charge on any atom is 0.214 e. The van der Waals surface area contributed by atoms with Crippen LogP contribution in [0.2, 0.25) is 0 Å². The summed E-state index contributed by atoms with van der Waals surface area (Å²) in [5.74, 6) is -0.815. The summed E-state index contributed by atoms with van der Waals surface area (Å²) in [6.45, 7) is 0. The van der Waals surface area contributed by atoms with Crippen LogP contribution >= 0.6 is 0 Å². The molecule has 42 valence electrons. The molecule has 0 saturated carbocycles. The SMILES string of the molecule is O=c1c([O-])c([S-])c1=O. The molecule has 0 heterocycles. The van der Waals surface area contributed by atoms with E-state index in [0.717, 1.165) is 0 Å². The van der Waals surface area contributed by atoms with Crippen molar-refractivity contribution in [1.82, 2.24) is 0 Å². The standard InChI is InChI=1S/C4H2O3S/c5-1-2(6)4(8)3(1)7/h6,8H/p-2. The van der Waals surface area contributed by atoms with Gasteiger partial charge in [0.1, 0.15) is 0 Å². The molecular weight excluding hydrogens is 128 g/mol. The van der Waals surface area contributed by atoms with Gasteiger partial charge in [-0.15, -0.1) is 4.90 Å². The number of rotatable bonds is 0. The Balaban J connectivity index is 3.48. The maximum absolute atomic E-state index is 10.1. The van der Waals surface area contributed by atoms with Crippen LogP contribution in [0, 0.1) is 0 Å². The highest BCUT2D eigenvalue weighted by Crippen LogP contribution is 1.99. The van der Waals surface area contributed by atoms with Crippen LogP contribution in [-0.2, 0) is 12.6 Å². The Hall–Kier alpha value is -0.900. The first kappa shape index (κ1) is 5.24. The lowest BCUT2D eigenvalue weighted by Gasteiger charge is -2.17. The predicted molar refractivity (Wildman–Crippen MR) is 26.4 cm³/mol. The van der Waals surface area contributed by atoms with Gasteiger partial charge < -0.3 is 17.7 Å². The van der Waals surface area contributed by atoms with Gasteiger partial charge in [-0.3, -0.25) is 9.59 Å². The van der Waals surface area contributed by atoms with Gasteiger partial charge >= 0.3 is 0 Å². The van der Waals surface area contributed by atoms with Crippen LogP contribution in [0.25, 0.3) is 0 Å². The maximum atomic E-state index is 10.1. The van der Waals surface area contributed by atoms with E-state index in [-0.39, 0.29) is 4.90 Å². The van der Waals surface area contributed by atoms with Crippen LogP contribution in [0.3, 0.4) is 0 Å². The molecule has 3 nitrogen and oxygen atoms in total. The Morgan fingerprint density at radius 2 is 1.75 bits per heavy atom. The van der Waals surface area contributed by atoms with Gasteiger partial charge in [0.15, 0.2) is 0 Å². The fourth-order valence-corrected chi connectivity index (χ4v) is 0.535. The Morgan fingerprint density at radius 1 is 1.25 bits per heavy atom. The molecule has 1 aromatic rings. The third-order valence-corrected chi connectivity index (χ3v) is 1.20. The van der Waals surface area contributed by atoms with Crippen molar-refractivity contribution in [3.05, 3.63) is 20.4 Å². The van der Waals surface area contributed by atoms with E-state index in [9.17, 15) is 14.7 Å². The van der Waals surface area contributed by atoms with Crippen molar-refractivity contribution >= 4 is 12.6 Å². The molecule has 0 N–H and O–H groups in total. The minimum absolute atomic E-state index is 0.352. The highest BCUT2D eigenvalue weighted by atomic mass is 32.1. The van der Waals surface area contributed by atoms with Crippen molar-refractivity contribution in [3.63, 3.8) is 0 Å². The number of hydrogen-bond donors (Lipinski definition) is 0. The third-order valence-electron chi connectivity index (χ3n) is 0.825. The summed E-state index contributed by atoms with van der Waals surface area (Å²) in [7, 11) is 0. The van der Waals surface area contributed by atoms with Gasteiger partial charge in [-0.1, -0.05) is 5.75 Å². The fraction of sp³-hybridized carbons (Fsp3) is 0. The molecule has 0 saturated heterocycles. The van der Waals surface area contributed by atoms with Crippen molar-refractivity contribution in [2.75, 3.05) is 0 Å². The first-order valence-electron chi connectivity index (χ1n) is 1.82. The lowest BCUT2D eigenvalue weighted by molar-refractivity contribution is -0.276. The fourth-order valence-electron chi connectivity index (χ4n) is 0.350. The molecule has 0 unspecified atom stereocenters. The van der Waals surface area contributed by atoms with Crippen LogP contribution in [0.4, 0.5) is 0 Å². The summed E-state index contributed by atoms with van der Waals surface area (Å²) in [5, 5.41) is 10.1. The van der Waals surface area contributed by atoms with Crippen LogP contribution in [0.15, 0.2) is 14.5 Å². The van der Waals surface area contributed by atoms with E-state index in [4.69, 9.17) is 0 Å². The Kier molecular flexibility index (Phi) is 0.844. The zero-order valence-corrected chi connectivity index (χ0v) is 4.45. The monoisotopic (exact) mass is 128 g/mol. The quantitative estimate of drug-likeness (QED) is 0.307. The summed E-state index contributed by atoms with van der Waals surface area (Å²) >= 11 is 4.19. The molecule has 0 aliphatic heterocycles. The largest absolute Gasteiger partial charge is 0.871 e. The molecule has 0 aromatic heterocycles. The van der Waals surface area contributed by atoms with Gasteiger partial charge in [0.25, 0.3) is 0 Å². The summed E-state index contributed by atoms with van der Waals surface area (Å²) in [6, 6.07) is 0. The Labute approximate surface area is 49.7 Å². The van der Waals surface area contributed by atoms with Gasteiger partial charge in [-0.2, -0.15) is 0 Å². The predicted octanol–water partition coefficient (Wildman–Crippen LogP) is -1.74. The molecule has 1 aromatic carbocycles. The van der Waals surface area contributed by atoms with Gasteiger partial charge in [-0.25, -0.2) is 0 Å². The molecular formula is C4O3S-2. The normalized spacial score (nSPS) is 10.0. The topological polar surface area (TPSA) is 57.2 Å². The van der Waals surface area contributed by atoms with E-state index in [1.54, 1.807) is 0 Å². The summed E-state index contributed by atoms with van der Waals surface area (Å²) in [6.07, 6.45) is 0. The molecule has 0 bridgehead atoms. The van der Waals surface area contributed by atoms with E-state index in [2.05, 4.69) is 12.6 Å². The first-order chi connectivity index (χ1) is 3.64. The van der Waals surface area contributed by atoms with Crippen molar-refractivity contribution in [3.8, 4) is 5.75 Å². The second-order valence-corrected chi connectivity index (χ2v) is 1.72. The second kappa shape index (κ2) is 1.29. The van der Waals surface area contributed by atoms with Gasteiger partial charge in [-0.05, 0) is 0 Å². The molecule has 0 radical (unpaired) electrons. The summed E-state index contributed by atoms with van der Waals surface area (Å²) in [5.41, 5.74) is -1.79. The lowest BCUT2D eigenvalue weighted by atomic mass is 10.3. The first-order valence-corrected chi connectivity index (χ1v) is 2.22. The van der Waals surface area contributed by atoms with Gasteiger partial charge in [0.2, 0.25) is 10.9 Å². The summed E-state index contributed by atoms with van der Waals surface area (Å²) < 4.78 is 0. The average Bonchev–Trinajstić information content (AvgIpc) is 1.83.